The van der Waals surface area contributed by atoms with Crippen LogP contribution in [0.25, 0.3) is 11.3 Å². The lowest BCUT2D eigenvalue weighted by molar-refractivity contribution is 0.102. The van der Waals surface area contributed by atoms with Crippen molar-refractivity contribution in [3.05, 3.63) is 108 Å². The van der Waals surface area contributed by atoms with E-state index in [2.05, 4.69) is 28.5 Å². The lowest BCUT2D eigenvalue weighted by Gasteiger charge is -2.16. The van der Waals surface area contributed by atoms with E-state index in [0.717, 1.165) is 54.2 Å². The molecule has 5 nitrogen and oxygen atoms in total. The van der Waals surface area contributed by atoms with Crippen LogP contribution in [0, 0.1) is 0 Å². The van der Waals surface area contributed by atoms with E-state index in [4.69, 9.17) is 4.52 Å². The average Bonchev–Trinajstić information content (AvgIpc) is 3.29. The third kappa shape index (κ3) is 5.93. The van der Waals surface area contributed by atoms with Gasteiger partial charge in [-0.05, 0) is 49.8 Å². The van der Waals surface area contributed by atoms with Crippen LogP contribution < -0.4 is 5.32 Å². The molecule has 0 atom stereocenters. The van der Waals surface area contributed by atoms with Crippen LogP contribution in [0.3, 0.4) is 0 Å². The summed E-state index contributed by atoms with van der Waals surface area (Å²) in [6, 6.07) is 29.4. The number of hydrogen-bond donors (Lipinski definition) is 1. The monoisotopic (exact) mass is 425 g/mol. The number of aromatic nitrogens is 1. The fourth-order valence-electron chi connectivity index (χ4n) is 3.63. The summed E-state index contributed by atoms with van der Waals surface area (Å²) in [4.78, 5) is 14.8. The number of hydrogen-bond acceptors (Lipinski definition) is 4. The molecule has 0 fully saturated rings. The van der Waals surface area contributed by atoms with Gasteiger partial charge >= 0.3 is 0 Å². The second-order valence-electron chi connectivity index (χ2n) is 7.91. The molecular formula is C27H27N3O2. The summed E-state index contributed by atoms with van der Waals surface area (Å²) in [5, 5.41) is 7.12. The van der Waals surface area contributed by atoms with Gasteiger partial charge in [-0.1, -0.05) is 65.8 Å². The van der Waals surface area contributed by atoms with Crippen LogP contribution in [0.4, 0.5) is 5.69 Å². The van der Waals surface area contributed by atoms with Crippen molar-refractivity contribution < 1.29 is 9.32 Å². The molecule has 4 rings (SSSR count). The van der Waals surface area contributed by atoms with Crippen LogP contribution >= 0.6 is 0 Å². The van der Waals surface area contributed by atoms with Gasteiger partial charge in [0.15, 0.2) is 0 Å². The first-order chi connectivity index (χ1) is 15.7. The molecule has 0 saturated carbocycles. The molecule has 1 heterocycles. The first-order valence-corrected chi connectivity index (χ1v) is 10.8. The predicted molar refractivity (Wildman–Crippen MR) is 127 cm³/mol. The van der Waals surface area contributed by atoms with Crippen molar-refractivity contribution in [3.8, 4) is 11.3 Å². The molecule has 1 aromatic heterocycles. The maximum atomic E-state index is 12.5. The first kappa shape index (κ1) is 21.5. The van der Waals surface area contributed by atoms with Crippen molar-refractivity contribution in [3.63, 3.8) is 0 Å². The summed E-state index contributed by atoms with van der Waals surface area (Å²) in [6.45, 7) is 1.69. The van der Waals surface area contributed by atoms with Gasteiger partial charge < -0.3 is 14.7 Å². The zero-order valence-electron chi connectivity index (χ0n) is 18.2. The van der Waals surface area contributed by atoms with E-state index in [1.54, 1.807) is 0 Å². The first-order valence-electron chi connectivity index (χ1n) is 10.8. The number of aryl methyl sites for hydroxylation is 1. The standard InChI is InChI=1S/C27H27N3O2/c1-30(17-9-16-25-19-26(29-32-25)22-11-4-2-5-12-22)20-21-10-8-13-23(18-21)27(31)28-24-14-6-3-7-15-24/h2-8,10-15,18-19H,9,16-17,20H2,1H3,(H,28,31). The fraction of sp³-hybridized carbons (Fsp3) is 0.185. The van der Waals surface area contributed by atoms with Crippen LogP contribution in [0.1, 0.15) is 28.1 Å². The minimum atomic E-state index is -0.0970. The van der Waals surface area contributed by atoms with Gasteiger partial charge in [0.05, 0.1) is 0 Å². The zero-order chi connectivity index (χ0) is 22.2. The maximum absolute atomic E-state index is 12.5. The van der Waals surface area contributed by atoms with Crippen molar-refractivity contribution in [2.45, 2.75) is 19.4 Å². The Bertz CT molecular complexity index is 1140. The van der Waals surface area contributed by atoms with Gasteiger partial charge in [-0.3, -0.25) is 4.79 Å². The number of benzene rings is 3. The molecule has 3 aromatic carbocycles. The molecule has 0 aliphatic rings. The number of anilines is 1. The van der Waals surface area contributed by atoms with E-state index < -0.39 is 0 Å². The summed E-state index contributed by atoms with van der Waals surface area (Å²) in [5.41, 5.74) is 4.51. The summed E-state index contributed by atoms with van der Waals surface area (Å²) < 4.78 is 5.50. The molecule has 32 heavy (non-hydrogen) atoms. The second-order valence-corrected chi connectivity index (χ2v) is 7.91. The topological polar surface area (TPSA) is 58.4 Å². The van der Waals surface area contributed by atoms with E-state index in [1.807, 2.05) is 84.9 Å². The minimum absolute atomic E-state index is 0.0970. The molecule has 0 bridgehead atoms. The number of nitrogens with zero attached hydrogens (tertiary/aromatic N) is 2. The van der Waals surface area contributed by atoms with Gasteiger partial charge in [-0.15, -0.1) is 0 Å². The summed E-state index contributed by atoms with van der Waals surface area (Å²) in [7, 11) is 2.09. The quantitative estimate of drug-likeness (QED) is 0.376. The Morgan fingerprint density at radius 1 is 0.938 bits per heavy atom. The highest BCUT2D eigenvalue weighted by atomic mass is 16.5. The van der Waals surface area contributed by atoms with Gasteiger partial charge in [-0.25, -0.2) is 0 Å². The predicted octanol–water partition coefficient (Wildman–Crippen LogP) is 5.66. The van der Waals surface area contributed by atoms with E-state index in [9.17, 15) is 4.79 Å². The van der Waals surface area contributed by atoms with Crippen LogP contribution in [0.5, 0.6) is 0 Å². The smallest absolute Gasteiger partial charge is 0.255 e. The molecule has 1 N–H and O–H groups in total. The van der Waals surface area contributed by atoms with Crippen molar-refractivity contribution in [1.82, 2.24) is 10.1 Å². The van der Waals surface area contributed by atoms with Gasteiger partial charge in [0.1, 0.15) is 11.5 Å². The van der Waals surface area contributed by atoms with Gasteiger partial charge in [0, 0.05) is 35.8 Å². The Morgan fingerprint density at radius 2 is 1.69 bits per heavy atom. The average molecular weight is 426 g/mol. The molecule has 1 amide bonds. The van der Waals surface area contributed by atoms with E-state index in [0.29, 0.717) is 5.56 Å². The maximum Gasteiger partial charge on any atom is 0.255 e. The largest absolute Gasteiger partial charge is 0.361 e. The molecule has 162 valence electrons. The number of para-hydroxylation sites is 1. The highest BCUT2D eigenvalue weighted by Crippen LogP contribution is 2.19. The molecule has 0 aliphatic heterocycles. The Labute approximate surface area is 188 Å². The highest BCUT2D eigenvalue weighted by Gasteiger charge is 2.09. The van der Waals surface area contributed by atoms with E-state index in [1.165, 1.54) is 0 Å². The normalized spacial score (nSPS) is 10.9. The van der Waals surface area contributed by atoms with E-state index >= 15 is 0 Å². The number of carbonyl (C=O) groups excluding carboxylic acids is 1. The van der Waals surface area contributed by atoms with Crippen LogP contribution in [0.15, 0.2) is 95.5 Å². The Morgan fingerprint density at radius 3 is 2.47 bits per heavy atom. The van der Waals surface area contributed by atoms with Crippen LogP contribution in [-0.4, -0.2) is 29.6 Å². The Hall–Kier alpha value is -3.70. The fourth-order valence-corrected chi connectivity index (χ4v) is 3.63. The van der Waals surface area contributed by atoms with E-state index in [-0.39, 0.29) is 5.91 Å². The van der Waals surface area contributed by atoms with Gasteiger partial charge in [0.2, 0.25) is 0 Å². The Balaban J connectivity index is 1.26. The SMILES string of the molecule is CN(CCCc1cc(-c2ccccc2)no1)Cc1cccc(C(=O)Nc2ccccc2)c1. The third-order valence-corrected chi connectivity index (χ3v) is 5.26. The number of amides is 1. The number of rotatable bonds is 9. The molecule has 0 radical (unpaired) electrons. The molecule has 0 aliphatic carbocycles. The summed E-state index contributed by atoms with van der Waals surface area (Å²) in [6.07, 6.45) is 1.80. The number of carbonyl (C=O) groups is 1. The molecule has 0 saturated heterocycles. The van der Waals surface area contributed by atoms with Gasteiger partial charge in [0.25, 0.3) is 5.91 Å². The van der Waals surface area contributed by atoms with Crippen LogP contribution in [-0.2, 0) is 13.0 Å². The highest BCUT2D eigenvalue weighted by molar-refractivity contribution is 6.04. The lowest BCUT2D eigenvalue weighted by atomic mass is 10.1. The van der Waals surface area contributed by atoms with Crippen molar-refractivity contribution >= 4 is 11.6 Å². The van der Waals surface area contributed by atoms with Crippen molar-refractivity contribution in [1.29, 1.82) is 0 Å². The molecule has 0 unspecified atom stereocenters. The summed E-state index contributed by atoms with van der Waals surface area (Å²) >= 11 is 0. The van der Waals surface area contributed by atoms with Crippen molar-refractivity contribution in [2.75, 3.05) is 18.9 Å². The molecule has 5 heteroatoms. The summed E-state index contributed by atoms with van der Waals surface area (Å²) in [5.74, 6) is 0.803. The molecule has 4 aromatic rings. The zero-order valence-corrected chi connectivity index (χ0v) is 18.2. The molecular weight excluding hydrogens is 398 g/mol. The third-order valence-electron chi connectivity index (χ3n) is 5.26. The van der Waals surface area contributed by atoms with Crippen LogP contribution in [0.2, 0.25) is 0 Å². The number of nitrogens with one attached hydrogen (secondary N) is 1. The Kier molecular flexibility index (Phi) is 7.10. The minimum Gasteiger partial charge on any atom is -0.361 e. The lowest BCUT2D eigenvalue weighted by Crippen LogP contribution is -2.20. The molecule has 0 spiro atoms. The van der Waals surface area contributed by atoms with Crippen molar-refractivity contribution in [2.24, 2.45) is 0 Å². The second kappa shape index (κ2) is 10.6. The van der Waals surface area contributed by atoms with Gasteiger partial charge in [-0.2, -0.15) is 0 Å².